The Morgan fingerprint density at radius 2 is 2.03 bits per heavy atom. The number of alkyl carbamates (subject to hydrolysis) is 1. The summed E-state index contributed by atoms with van der Waals surface area (Å²) in [6.07, 6.45) is 2.14. The number of ether oxygens (including phenoxy) is 2. The van der Waals surface area contributed by atoms with E-state index < -0.39 is 23.1 Å². The zero-order valence-electron chi connectivity index (χ0n) is 16.2. The molecule has 0 saturated carbocycles. The van der Waals surface area contributed by atoms with Gasteiger partial charge in [-0.05, 0) is 45.2 Å². The summed E-state index contributed by atoms with van der Waals surface area (Å²) in [4.78, 5) is 35.7. The van der Waals surface area contributed by atoms with Crippen LogP contribution >= 0.6 is 0 Å². The number of carbonyl (C=O) groups excluding carboxylic acids is 1. The monoisotopic (exact) mass is 412 g/mol. The molecular weight excluding hydrogens is 387 g/mol. The van der Waals surface area contributed by atoms with Gasteiger partial charge < -0.3 is 24.5 Å². The summed E-state index contributed by atoms with van der Waals surface area (Å²) >= 11 is 0. The van der Waals surface area contributed by atoms with Crippen molar-refractivity contribution in [3.8, 4) is 0 Å². The molecule has 0 atom stereocenters. The van der Waals surface area contributed by atoms with E-state index in [0.717, 1.165) is 16.6 Å². The molecule has 2 N–H and O–H groups in total. The van der Waals surface area contributed by atoms with Crippen molar-refractivity contribution in [3.63, 3.8) is 0 Å². The fourth-order valence-electron chi connectivity index (χ4n) is 3.26. The Kier molecular flexibility index (Phi) is 7.50. The van der Waals surface area contributed by atoms with Crippen LogP contribution in [0.25, 0.3) is 10.9 Å². The number of aryl methyl sites for hydroxylation is 1. The number of hydrogen-bond donors (Lipinski definition) is 2. The maximum atomic E-state index is 12.6. The van der Waals surface area contributed by atoms with E-state index in [4.69, 9.17) is 9.47 Å². The average Bonchev–Trinajstić information content (AvgIpc) is 2.59. The van der Waals surface area contributed by atoms with Crippen LogP contribution < -0.4 is 10.7 Å². The third kappa shape index (κ3) is 5.60. The van der Waals surface area contributed by atoms with Crippen molar-refractivity contribution < 1.29 is 24.2 Å². The van der Waals surface area contributed by atoms with Gasteiger partial charge in [0.15, 0.2) is 0 Å². The number of carbonyl (C=O) groups is 2. The normalized spacial score (nSPS) is 12.9. The number of hydrogen-bond acceptors (Lipinski definition) is 5. The van der Waals surface area contributed by atoms with Gasteiger partial charge in [0.2, 0.25) is 5.43 Å². The van der Waals surface area contributed by atoms with Crippen molar-refractivity contribution in [1.82, 2.24) is 9.88 Å². The predicted molar refractivity (Wildman–Crippen MR) is 110 cm³/mol. The fourth-order valence-corrected chi connectivity index (χ4v) is 3.26. The first-order valence-electron chi connectivity index (χ1n) is 9.12. The van der Waals surface area contributed by atoms with Crippen LogP contribution in [0.3, 0.4) is 0 Å². The quantitative estimate of drug-likeness (QED) is 0.575. The molecule has 0 bridgehead atoms. The molecule has 1 aliphatic heterocycles. The molecular formula is C20H25N2NaO6. The standard InChI is InChI=1S/C20H24N2O6.Na.H/c1-20(2,3)28-19(26)21-6-4-5-12-7-13-10-27-11-22-9-15(18(24)25)17(23)14(8-12)16(13)22;;/h7-9H,4-6,10-11H2,1-3H3,(H,21,26)(H,24,25);;. The summed E-state index contributed by atoms with van der Waals surface area (Å²) in [5.74, 6) is -1.25. The second-order valence-corrected chi connectivity index (χ2v) is 7.81. The van der Waals surface area contributed by atoms with Gasteiger partial charge in [0.1, 0.15) is 17.9 Å². The topological polar surface area (TPSA) is 107 Å². The Morgan fingerprint density at radius 3 is 2.69 bits per heavy atom. The van der Waals surface area contributed by atoms with Gasteiger partial charge in [0.25, 0.3) is 0 Å². The predicted octanol–water partition coefficient (Wildman–Crippen LogP) is 2.00. The zero-order valence-corrected chi connectivity index (χ0v) is 16.2. The third-order valence-corrected chi connectivity index (χ3v) is 4.34. The van der Waals surface area contributed by atoms with E-state index in [-0.39, 0.29) is 41.9 Å². The van der Waals surface area contributed by atoms with Gasteiger partial charge in [-0.3, -0.25) is 4.79 Å². The molecule has 0 aliphatic carbocycles. The van der Waals surface area contributed by atoms with Crippen LogP contribution in [0.2, 0.25) is 0 Å². The van der Waals surface area contributed by atoms with Gasteiger partial charge in [0.05, 0.1) is 12.1 Å². The number of nitrogens with zero attached hydrogens (tertiary/aromatic N) is 1. The second-order valence-electron chi connectivity index (χ2n) is 7.81. The van der Waals surface area contributed by atoms with Gasteiger partial charge in [-0.2, -0.15) is 0 Å². The van der Waals surface area contributed by atoms with E-state index >= 15 is 0 Å². The van der Waals surface area contributed by atoms with Gasteiger partial charge in [-0.15, -0.1) is 0 Å². The number of benzene rings is 1. The first-order valence-corrected chi connectivity index (χ1v) is 9.12. The minimum absolute atomic E-state index is 0. The molecule has 1 aromatic heterocycles. The summed E-state index contributed by atoms with van der Waals surface area (Å²) in [5, 5.41) is 12.4. The Balaban J connectivity index is 0.00000300. The molecule has 3 rings (SSSR count). The van der Waals surface area contributed by atoms with Crippen molar-refractivity contribution in [2.24, 2.45) is 0 Å². The molecule has 0 radical (unpaired) electrons. The summed E-state index contributed by atoms with van der Waals surface area (Å²) < 4.78 is 12.4. The summed E-state index contributed by atoms with van der Waals surface area (Å²) in [5.41, 5.74) is 1.16. The first kappa shape index (κ1) is 23.4. The first-order chi connectivity index (χ1) is 13.2. The molecule has 8 nitrogen and oxygen atoms in total. The van der Waals surface area contributed by atoms with Crippen molar-refractivity contribution in [3.05, 3.63) is 45.2 Å². The molecule has 0 saturated heterocycles. The van der Waals surface area contributed by atoms with Crippen LogP contribution in [-0.4, -0.2) is 63.4 Å². The minimum atomic E-state index is -1.25. The van der Waals surface area contributed by atoms with Crippen LogP contribution in [0.15, 0.2) is 23.1 Å². The zero-order chi connectivity index (χ0) is 20.5. The molecule has 1 aromatic carbocycles. The molecule has 2 heterocycles. The maximum absolute atomic E-state index is 12.6. The van der Waals surface area contributed by atoms with Crippen LogP contribution in [0.4, 0.5) is 4.79 Å². The van der Waals surface area contributed by atoms with Crippen LogP contribution in [0, 0.1) is 0 Å². The van der Waals surface area contributed by atoms with E-state index in [1.165, 1.54) is 6.20 Å². The molecule has 0 fully saturated rings. The molecule has 0 unspecified atom stereocenters. The Hall–Kier alpha value is -1.87. The molecule has 0 spiro atoms. The van der Waals surface area contributed by atoms with E-state index in [0.29, 0.717) is 31.4 Å². The van der Waals surface area contributed by atoms with E-state index in [1.54, 1.807) is 31.4 Å². The summed E-state index contributed by atoms with van der Waals surface area (Å²) in [6, 6.07) is 3.70. The van der Waals surface area contributed by atoms with Crippen molar-refractivity contribution in [1.29, 1.82) is 0 Å². The van der Waals surface area contributed by atoms with Crippen molar-refractivity contribution in [2.45, 2.75) is 52.6 Å². The van der Waals surface area contributed by atoms with Crippen molar-refractivity contribution in [2.75, 3.05) is 6.54 Å². The number of carboxylic acid groups (broad SMARTS) is 1. The summed E-state index contributed by atoms with van der Waals surface area (Å²) in [6.45, 7) is 6.40. The molecule has 9 heteroatoms. The Bertz CT molecular complexity index is 993. The number of rotatable bonds is 5. The summed E-state index contributed by atoms with van der Waals surface area (Å²) in [7, 11) is 0. The van der Waals surface area contributed by atoms with Crippen LogP contribution in [-0.2, 0) is 29.2 Å². The van der Waals surface area contributed by atoms with E-state index in [1.807, 2.05) is 6.07 Å². The van der Waals surface area contributed by atoms with Crippen LogP contribution in [0.5, 0.6) is 0 Å². The van der Waals surface area contributed by atoms with Crippen LogP contribution in [0.1, 0.15) is 48.7 Å². The third-order valence-electron chi connectivity index (χ3n) is 4.34. The number of amides is 1. The second kappa shape index (κ2) is 9.30. The average molecular weight is 412 g/mol. The Labute approximate surface area is 190 Å². The molecule has 1 aliphatic rings. The number of aromatic nitrogens is 1. The van der Waals surface area contributed by atoms with E-state index in [9.17, 15) is 19.5 Å². The van der Waals surface area contributed by atoms with Crippen molar-refractivity contribution >= 4 is 52.5 Å². The van der Waals surface area contributed by atoms with Gasteiger partial charge >= 0.3 is 41.6 Å². The van der Waals surface area contributed by atoms with Gasteiger partial charge in [-0.25, -0.2) is 9.59 Å². The molecule has 152 valence electrons. The number of nitrogens with one attached hydrogen (secondary N) is 1. The fraction of sp³-hybridized carbons (Fsp3) is 0.450. The van der Waals surface area contributed by atoms with Gasteiger partial charge in [-0.1, -0.05) is 6.07 Å². The SMILES string of the molecule is CC(C)(C)OC(=O)NCCCc1cc2c3c(c1)c(=O)c(C(=O)O)cn3COC2.[NaH]. The molecule has 2 aromatic rings. The molecule has 29 heavy (non-hydrogen) atoms. The number of aromatic carboxylic acids is 1. The van der Waals surface area contributed by atoms with Gasteiger partial charge in [0, 0.05) is 23.7 Å². The molecule has 1 amide bonds. The Morgan fingerprint density at radius 1 is 1.31 bits per heavy atom. The number of pyridine rings is 1. The van der Waals surface area contributed by atoms with E-state index in [2.05, 4.69) is 5.32 Å². The number of carboxylic acids is 1.